The first-order valence-corrected chi connectivity index (χ1v) is 2.99. The van der Waals surface area contributed by atoms with Crippen LogP contribution in [-0.4, -0.2) is 21.0 Å². The van der Waals surface area contributed by atoms with Gasteiger partial charge in [0, 0.05) is 0 Å². The van der Waals surface area contributed by atoms with E-state index in [0.29, 0.717) is 0 Å². The number of nitrogen functional groups attached to an aromatic ring is 3. The van der Waals surface area contributed by atoms with Crippen LogP contribution in [0.5, 0.6) is 0 Å². The Morgan fingerprint density at radius 1 is 0.929 bits per heavy atom. The van der Waals surface area contributed by atoms with E-state index in [1.807, 2.05) is 0 Å². The van der Waals surface area contributed by atoms with Crippen LogP contribution in [0, 0.1) is 0 Å². The van der Waals surface area contributed by atoms with Gasteiger partial charge in [0.15, 0.2) is 0 Å². The van der Waals surface area contributed by atoms with E-state index in [1.54, 1.807) is 0 Å². The van der Waals surface area contributed by atoms with Crippen LogP contribution >= 0.6 is 0 Å². The van der Waals surface area contributed by atoms with Gasteiger partial charge in [-0.25, -0.2) is 4.79 Å². The average Bonchev–Trinajstić information content (AvgIpc) is 1.80. The minimum absolute atomic E-state index is 0. The van der Waals surface area contributed by atoms with Gasteiger partial charge in [0.25, 0.3) is 0 Å². The number of aromatic nitrogens is 3. The number of primary amides is 2. The average molecular weight is 210 g/mol. The molecule has 0 aliphatic rings. The Hall–Kier alpha value is -1.32. The fourth-order valence-corrected chi connectivity index (χ4v) is 0.427. The molecule has 0 atom stereocenters. The van der Waals surface area contributed by atoms with E-state index in [2.05, 4.69) is 26.4 Å². The number of urea groups is 1. The molecule has 0 bridgehead atoms. The summed E-state index contributed by atoms with van der Waals surface area (Å²) in [7, 11) is 0. The largest absolute Gasteiger partial charge is 1.00 e. The molecule has 9 nitrogen and oxygen atoms in total. The summed E-state index contributed by atoms with van der Waals surface area (Å²) in [6.07, 6.45) is 0. The van der Waals surface area contributed by atoms with Gasteiger partial charge in [-0.1, -0.05) is 0 Å². The second-order valence-corrected chi connectivity index (χ2v) is 1.81. The summed E-state index contributed by atoms with van der Waals surface area (Å²) in [5.74, 6) is 0.125. The van der Waals surface area contributed by atoms with E-state index < -0.39 is 6.03 Å². The van der Waals surface area contributed by atoms with Gasteiger partial charge in [0.2, 0.25) is 17.8 Å². The number of nitrogens with zero attached hydrogens (tertiary/aromatic N) is 3. The Balaban J connectivity index is -0.000000213. The summed E-state index contributed by atoms with van der Waals surface area (Å²) in [5.41, 5.74) is 23.9. The monoisotopic (exact) mass is 210 g/mol. The van der Waals surface area contributed by atoms with Gasteiger partial charge in [-0.05, 0) is 0 Å². The number of carbonyl (C=O) groups is 1. The molecule has 10 heteroatoms. The molecule has 1 rings (SSSR count). The number of carbonyl (C=O) groups excluding carboxylic acids is 1. The van der Waals surface area contributed by atoms with Gasteiger partial charge < -0.3 is 30.1 Å². The van der Waals surface area contributed by atoms with Crippen molar-refractivity contribution in [3.63, 3.8) is 0 Å². The van der Waals surface area contributed by atoms with Gasteiger partial charge >= 0.3 is 35.6 Å². The molecule has 10 N–H and O–H groups in total. The minimum Gasteiger partial charge on any atom is -1.00 e. The minimum atomic E-state index is -0.833. The van der Waals surface area contributed by atoms with Crippen molar-refractivity contribution in [2.75, 3.05) is 17.2 Å². The van der Waals surface area contributed by atoms with Crippen LogP contribution in [0.2, 0.25) is 0 Å². The van der Waals surface area contributed by atoms with Crippen molar-refractivity contribution in [1.82, 2.24) is 15.0 Å². The SMILES string of the molecule is NC(N)=O.Nc1nc(N)nc(N)n1.[H-].[Na+]. The maximum Gasteiger partial charge on any atom is 1.00 e. The van der Waals surface area contributed by atoms with Crippen LogP contribution in [0.25, 0.3) is 0 Å². The molecule has 0 aromatic carbocycles. The molecule has 0 spiro atoms. The second kappa shape index (κ2) is 7.12. The van der Waals surface area contributed by atoms with Gasteiger partial charge in [0.1, 0.15) is 0 Å². The standard InChI is InChI=1S/C3H6N6.CH4N2O.Na.H/c4-1-7-2(5)9-3(6)8-1;2-1(3)4;;/h(H6,4,5,6,7,8,9);(H4,2,3,4);;/q;;+1;-1. The first kappa shape index (κ1) is 15.2. The molecule has 14 heavy (non-hydrogen) atoms. The molecular formula is C4H11N8NaO. The van der Waals surface area contributed by atoms with E-state index in [0.717, 1.165) is 0 Å². The number of nitrogens with two attached hydrogens (primary N) is 5. The van der Waals surface area contributed by atoms with Crippen LogP contribution in [0.15, 0.2) is 0 Å². The van der Waals surface area contributed by atoms with Crippen molar-refractivity contribution in [1.29, 1.82) is 0 Å². The molecule has 1 heterocycles. The molecule has 0 saturated heterocycles. The predicted octanol–water partition coefficient (Wildman–Crippen LogP) is -5.24. The smallest absolute Gasteiger partial charge is 1.00 e. The maximum absolute atomic E-state index is 9.00. The summed E-state index contributed by atoms with van der Waals surface area (Å²) in [6.45, 7) is 0. The van der Waals surface area contributed by atoms with E-state index in [9.17, 15) is 0 Å². The Labute approximate surface area is 103 Å². The molecule has 0 fully saturated rings. The molecule has 0 radical (unpaired) electrons. The first-order chi connectivity index (χ1) is 5.91. The zero-order valence-corrected chi connectivity index (χ0v) is 9.64. The van der Waals surface area contributed by atoms with Crippen LogP contribution in [0.4, 0.5) is 22.6 Å². The van der Waals surface area contributed by atoms with Crippen molar-refractivity contribution < 1.29 is 35.8 Å². The third-order valence-electron chi connectivity index (χ3n) is 0.687. The Kier molecular flexibility index (Phi) is 7.71. The summed E-state index contributed by atoms with van der Waals surface area (Å²) in [6, 6.07) is -0.833. The summed E-state index contributed by atoms with van der Waals surface area (Å²) in [5, 5.41) is 0. The molecule has 0 saturated carbocycles. The Bertz CT molecular complexity index is 254. The second-order valence-electron chi connectivity index (χ2n) is 1.81. The van der Waals surface area contributed by atoms with Gasteiger partial charge in [-0.2, -0.15) is 15.0 Å². The maximum atomic E-state index is 9.00. The van der Waals surface area contributed by atoms with E-state index in [4.69, 9.17) is 22.0 Å². The van der Waals surface area contributed by atoms with Crippen LogP contribution < -0.4 is 58.2 Å². The van der Waals surface area contributed by atoms with Crippen LogP contribution in [0.1, 0.15) is 1.43 Å². The summed E-state index contributed by atoms with van der Waals surface area (Å²) >= 11 is 0. The van der Waals surface area contributed by atoms with Crippen molar-refractivity contribution >= 4 is 23.9 Å². The van der Waals surface area contributed by atoms with Gasteiger partial charge in [-0.3, -0.25) is 0 Å². The Morgan fingerprint density at radius 2 is 1.07 bits per heavy atom. The van der Waals surface area contributed by atoms with E-state index in [-0.39, 0.29) is 48.8 Å². The molecule has 0 unspecified atom stereocenters. The molecule has 74 valence electrons. The number of hydrogen-bond acceptors (Lipinski definition) is 7. The predicted molar refractivity (Wildman–Crippen MR) is 47.9 cm³/mol. The molecule has 0 aliphatic carbocycles. The molecular weight excluding hydrogens is 199 g/mol. The Morgan fingerprint density at radius 3 is 1.21 bits per heavy atom. The third kappa shape index (κ3) is 8.77. The van der Waals surface area contributed by atoms with Crippen molar-refractivity contribution in [2.24, 2.45) is 11.5 Å². The quantitative estimate of drug-likeness (QED) is 0.264. The van der Waals surface area contributed by atoms with Crippen LogP contribution in [-0.2, 0) is 0 Å². The number of amides is 2. The van der Waals surface area contributed by atoms with Gasteiger partial charge in [0.05, 0.1) is 0 Å². The van der Waals surface area contributed by atoms with Crippen molar-refractivity contribution in [3.05, 3.63) is 0 Å². The zero-order valence-electron chi connectivity index (χ0n) is 8.64. The molecule has 2 amide bonds. The summed E-state index contributed by atoms with van der Waals surface area (Å²) < 4.78 is 0. The number of rotatable bonds is 0. The first-order valence-electron chi connectivity index (χ1n) is 2.99. The molecule has 1 aromatic rings. The topological polar surface area (TPSA) is 186 Å². The molecule has 0 aliphatic heterocycles. The van der Waals surface area contributed by atoms with Gasteiger partial charge in [-0.15, -0.1) is 0 Å². The number of anilines is 3. The van der Waals surface area contributed by atoms with Crippen molar-refractivity contribution in [3.8, 4) is 0 Å². The normalized spacial score (nSPS) is 7.71. The van der Waals surface area contributed by atoms with Crippen molar-refractivity contribution in [2.45, 2.75) is 0 Å². The third-order valence-corrected chi connectivity index (χ3v) is 0.687. The van der Waals surface area contributed by atoms with E-state index >= 15 is 0 Å². The molecule has 1 aromatic heterocycles. The fraction of sp³-hybridized carbons (Fsp3) is 0. The number of hydrogen-bond donors (Lipinski definition) is 5. The van der Waals surface area contributed by atoms with Crippen LogP contribution in [0.3, 0.4) is 0 Å². The summed E-state index contributed by atoms with van der Waals surface area (Å²) in [4.78, 5) is 19.5. The van der Waals surface area contributed by atoms with E-state index in [1.165, 1.54) is 0 Å². The fourth-order valence-electron chi connectivity index (χ4n) is 0.427. The zero-order chi connectivity index (χ0) is 10.4.